The van der Waals surface area contributed by atoms with Gasteiger partial charge in [-0.05, 0) is 18.1 Å². The van der Waals surface area contributed by atoms with Crippen LogP contribution in [0, 0.1) is 5.92 Å². The third-order valence-corrected chi connectivity index (χ3v) is 4.55. The molecule has 0 aromatic heterocycles. The number of hydrogen-bond donors (Lipinski definition) is 2. The molecule has 1 aliphatic rings. The number of imide groups is 1. The van der Waals surface area contributed by atoms with Gasteiger partial charge in [0.1, 0.15) is 5.78 Å². The van der Waals surface area contributed by atoms with E-state index in [2.05, 4.69) is 0 Å². The zero-order valence-electron chi connectivity index (χ0n) is 10.5. The molecule has 0 saturated carbocycles. The van der Waals surface area contributed by atoms with Gasteiger partial charge in [0.05, 0.1) is 11.1 Å². The molecule has 19 heavy (non-hydrogen) atoms. The Bertz CT molecular complexity index is 557. The number of amides is 2. The maximum absolute atomic E-state index is 12.2. The largest absolute Gasteiger partial charge is 0.348 e. The molecule has 0 aliphatic carbocycles. The monoisotopic (exact) mass is 283 g/mol. The second kappa shape index (κ2) is 4.56. The number of hydrogen-bond acceptors (Lipinski definition) is 3. The summed E-state index contributed by atoms with van der Waals surface area (Å²) in [5.41, 5.74) is 0.373. The third kappa shape index (κ3) is 2.23. The Morgan fingerprint density at radius 3 is 1.79 bits per heavy atom. The molecule has 2 N–H and O–H groups in total. The van der Waals surface area contributed by atoms with Gasteiger partial charge in [-0.2, -0.15) is 0 Å². The molecule has 1 heterocycles. The van der Waals surface area contributed by atoms with E-state index in [1.165, 1.54) is 12.1 Å². The first kappa shape index (κ1) is 13.9. The Labute approximate surface area is 110 Å². The highest BCUT2D eigenvalue weighted by Crippen LogP contribution is 2.48. The van der Waals surface area contributed by atoms with E-state index in [1.807, 2.05) is 0 Å². The molecule has 1 unspecified atom stereocenters. The molecule has 1 aliphatic heterocycles. The van der Waals surface area contributed by atoms with Crippen molar-refractivity contribution in [3.8, 4) is 0 Å². The lowest BCUT2D eigenvalue weighted by molar-refractivity contribution is 0.0582. The molecule has 1 aromatic rings. The van der Waals surface area contributed by atoms with Crippen LogP contribution in [0.2, 0.25) is 0 Å². The number of carbonyl (C=O) groups is 2. The van der Waals surface area contributed by atoms with E-state index >= 15 is 0 Å². The van der Waals surface area contributed by atoms with Crippen LogP contribution in [-0.4, -0.2) is 32.3 Å². The van der Waals surface area contributed by atoms with Gasteiger partial charge in [0.2, 0.25) is 0 Å². The van der Waals surface area contributed by atoms with Crippen LogP contribution >= 0.6 is 7.60 Å². The summed E-state index contributed by atoms with van der Waals surface area (Å²) in [5.74, 6) is -3.27. The number of fused-ring (bicyclic) bond motifs is 1. The van der Waals surface area contributed by atoms with Crippen LogP contribution in [0.25, 0.3) is 0 Å². The molecule has 0 radical (unpaired) electrons. The molecular formula is C12H14NO5P. The maximum atomic E-state index is 12.2. The molecule has 0 fully saturated rings. The van der Waals surface area contributed by atoms with Gasteiger partial charge in [-0.25, -0.2) is 0 Å². The van der Waals surface area contributed by atoms with Crippen molar-refractivity contribution in [1.82, 2.24) is 4.90 Å². The summed E-state index contributed by atoms with van der Waals surface area (Å²) in [6.07, 6.45) is 0. The lowest BCUT2D eigenvalue weighted by atomic mass is 10.1. The molecule has 7 heteroatoms. The van der Waals surface area contributed by atoms with Crippen molar-refractivity contribution in [2.45, 2.75) is 19.6 Å². The van der Waals surface area contributed by atoms with Crippen molar-refractivity contribution in [2.24, 2.45) is 5.92 Å². The van der Waals surface area contributed by atoms with Crippen molar-refractivity contribution < 1.29 is 23.9 Å². The van der Waals surface area contributed by atoms with Crippen LogP contribution in [0.1, 0.15) is 34.6 Å². The Balaban J connectivity index is 2.52. The van der Waals surface area contributed by atoms with E-state index in [1.54, 1.807) is 26.0 Å². The summed E-state index contributed by atoms with van der Waals surface area (Å²) in [6, 6.07) is 6.17. The highest BCUT2D eigenvalue weighted by atomic mass is 31.2. The normalized spacial score (nSPS) is 17.0. The van der Waals surface area contributed by atoms with Crippen molar-refractivity contribution in [3.05, 3.63) is 35.4 Å². The molecular weight excluding hydrogens is 269 g/mol. The minimum atomic E-state index is -4.60. The quantitative estimate of drug-likeness (QED) is 0.646. The van der Waals surface area contributed by atoms with Crippen LogP contribution in [0.3, 0.4) is 0 Å². The molecule has 102 valence electrons. The predicted molar refractivity (Wildman–Crippen MR) is 67.6 cm³/mol. The maximum Gasteiger partial charge on any atom is 0.348 e. The highest BCUT2D eigenvalue weighted by Gasteiger charge is 2.47. The van der Waals surface area contributed by atoms with E-state index < -0.39 is 31.1 Å². The molecule has 0 bridgehead atoms. The third-order valence-electron chi connectivity index (χ3n) is 3.03. The summed E-state index contributed by atoms with van der Waals surface area (Å²) in [5, 5.41) is 0. The van der Waals surface area contributed by atoms with E-state index in [4.69, 9.17) is 0 Å². The molecule has 6 nitrogen and oxygen atoms in total. The van der Waals surface area contributed by atoms with Gasteiger partial charge in [0.25, 0.3) is 11.8 Å². The average molecular weight is 283 g/mol. The van der Waals surface area contributed by atoms with Crippen LogP contribution in [0.15, 0.2) is 24.3 Å². The summed E-state index contributed by atoms with van der Waals surface area (Å²) in [4.78, 5) is 43.8. The van der Waals surface area contributed by atoms with E-state index in [-0.39, 0.29) is 11.1 Å². The minimum absolute atomic E-state index is 0.187. The van der Waals surface area contributed by atoms with Crippen LogP contribution in [-0.2, 0) is 4.57 Å². The molecule has 2 amide bonds. The van der Waals surface area contributed by atoms with Crippen LogP contribution in [0.5, 0.6) is 0 Å². The number of rotatable bonds is 3. The fourth-order valence-corrected chi connectivity index (χ4v) is 3.57. The van der Waals surface area contributed by atoms with Gasteiger partial charge in [0, 0.05) is 0 Å². The predicted octanol–water partition coefficient (Wildman–Crippen LogP) is 1.44. The topological polar surface area (TPSA) is 94.9 Å². The van der Waals surface area contributed by atoms with Crippen molar-refractivity contribution in [1.29, 1.82) is 0 Å². The first-order valence-corrected chi connectivity index (χ1v) is 7.45. The molecule has 0 spiro atoms. The summed E-state index contributed by atoms with van der Waals surface area (Å²) in [7, 11) is -4.60. The Morgan fingerprint density at radius 2 is 1.47 bits per heavy atom. The van der Waals surface area contributed by atoms with Gasteiger partial charge >= 0.3 is 7.60 Å². The lowest BCUT2D eigenvalue weighted by Crippen LogP contribution is -2.42. The SMILES string of the molecule is CC(C)C(N1C(=O)c2ccccc2C1=O)P(=O)(O)O. The van der Waals surface area contributed by atoms with Gasteiger partial charge < -0.3 is 9.79 Å². The Hall–Kier alpha value is -1.49. The van der Waals surface area contributed by atoms with Crippen LogP contribution in [0.4, 0.5) is 0 Å². The summed E-state index contributed by atoms with van der Waals surface area (Å²) >= 11 is 0. The summed E-state index contributed by atoms with van der Waals surface area (Å²) in [6.45, 7) is 3.13. The Kier molecular flexibility index (Phi) is 3.34. The van der Waals surface area contributed by atoms with Crippen molar-refractivity contribution >= 4 is 19.4 Å². The molecule has 2 rings (SSSR count). The zero-order valence-corrected chi connectivity index (χ0v) is 11.4. The van der Waals surface area contributed by atoms with Crippen molar-refractivity contribution in [2.75, 3.05) is 0 Å². The molecule has 0 saturated heterocycles. The van der Waals surface area contributed by atoms with Crippen LogP contribution < -0.4 is 0 Å². The lowest BCUT2D eigenvalue weighted by Gasteiger charge is -2.29. The fraction of sp³-hybridized carbons (Fsp3) is 0.333. The number of carbonyl (C=O) groups excluding carboxylic acids is 2. The number of benzene rings is 1. The average Bonchev–Trinajstić information content (AvgIpc) is 2.53. The first-order chi connectivity index (χ1) is 8.75. The second-order valence-corrected chi connectivity index (χ2v) is 6.48. The minimum Gasteiger partial charge on any atom is -0.323 e. The molecule has 1 atom stereocenters. The zero-order chi connectivity index (χ0) is 14.4. The first-order valence-electron chi connectivity index (χ1n) is 5.77. The molecule has 1 aromatic carbocycles. The van der Waals surface area contributed by atoms with Crippen molar-refractivity contribution in [3.63, 3.8) is 0 Å². The summed E-state index contributed by atoms with van der Waals surface area (Å²) < 4.78 is 11.6. The highest BCUT2D eigenvalue weighted by molar-refractivity contribution is 7.52. The van der Waals surface area contributed by atoms with E-state index in [9.17, 15) is 23.9 Å². The standard InChI is InChI=1S/C12H14NO5P/c1-7(2)12(19(16,17)18)13-10(14)8-5-3-4-6-9(8)11(13)15/h3-7,12H,1-2H3,(H2,16,17,18). The van der Waals surface area contributed by atoms with Gasteiger partial charge in [0.15, 0.2) is 0 Å². The smallest absolute Gasteiger partial charge is 0.323 e. The number of nitrogens with zero attached hydrogens (tertiary/aromatic N) is 1. The van der Waals surface area contributed by atoms with E-state index in [0.29, 0.717) is 4.90 Å². The van der Waals surface area contributed by atoms with E-state index in [0.717, 1.165) is 0 Å². The fourth-order valence-electron chi connectivity index (χ4n) is 2.29. The van der Waals surface area contributed by atoms with Gasteiger partial charge in [-0.1, -0.05) is 26.0 Å². The second-order valence-electron chi connectivity index (χ2n) is 4.77. The van der Waals surface area contributed by atoms with Gasteiger partial charge in [-0.15, -0.1) is 0 Å². The van der Waals surface area contributed by atoms with Gasteiger partial charge in [-0.3, -0.25) is 19.1 Å². The Morgan fingerprint density at radius 1 is 1.05 bits per heavy atom.